The largest absolute Gasteiger partial charge is 0.379 e. The first kappa shape index (κ1) is 44.4. The van der Waals surface area contributed by atoms with E-state index in [9.17, 15) is 33.6 Å². The fourth-order valence-electron chi connectivity index (χ4n) is 9.32. The fraction of sp³-hybridized carbons (Fsp3) is 0.643. The Morgan fingerprint density at radius 2 is 1.62 bits per heavy atom. The van der Waals surface area contributed by atoms with Crippen LogP contribution in [0.4, 0.5) is 5.69 Å². The van der Waals surface area contributed by atoms with Crippen LogP contribution in [-0.4, -0.2) is 145 Å². The van der Waals surface area contributed by atoms with Crippen LogP contribution < -0.4 is 16.0 Å². The van der Waals surface area contributed by atoms with Gasteiger partial charge in [-0.2, -0.15) is 0 Å². The van der Waals surface area contributed by atoms with Crippen molar-refractivity contribution in [3.8, 4) is 0 Å². The average Bonchev–Trinajstić information content (AvgIpc) is 4.02. The lowest BCUT2D eigenvalue weighted by Crippen LogP contribution is -2.55. The van der Waals surface area contributed by atoms with Crippen molar-refractivity contribution in [2.24, 2.45) is 17.8 Å². The van der Waals surface area contributed by atoms with Crippen LogP contribution in [0.2, 0.25) is 0 Å². The molecule has 2 saturated heterocycles. The lowest BCUT2D eigenvalue weighted by molar-refractivity contribution is -0.146. The molecule has 4 aliphatic rings. The number of likely N-dealkylation sites (tertiary alicyclic amines) is 2. The van der Waals surface area contributed by atoms with E-state index >= 15 is 0 Å². The van der Waals surface area contributed by atoms with E-state index in [1.54, 1.807) is 48.0 Å². The zero-order valence-electron chi connectivity index (χ0n) is 34.9. The molecule has 1 saturated carbocycles. The lowest BCUT2D eigenvalue weighted by Gasteiger charge is -2.39. The van der Waals surface area contributed by atoms with E-state index in [0.29, 0.717) is 36.2 Å². The molecular formula is C42H61N7O9. The summed E-state index contributed by atoms with van der Waals surface area (Å²) in [7, 11) is 6.72. The second-order valence-electron chi connectivity index (χ2n) is 16.3. The minimum atomic E-state index is -0.703. The van der Waals surface area contributed by atoms with Crippen LogP contribution in [0.1, 0.15) is 71.3 Å². The highest BCUT2D eigenvalue weighted by Crippen LogP contribution is 2.41. The van der Waals surface area contributed by atoms with Crippen molar-refractivity contribution in [2.45, 2.75) is 109 Å². The van der Waals surface area contributed by atoms with Gasteiger partial charge in [-0.05, 0) is 68.7 Å². The fourth-order valence-corrected chi connectivity index (χ4v) is 9.32. The molecule has 1 aromatic rings. The van der Waals surface area contributed by atoms with E-state index in [1.165, 1.54) is 26.4 Å². The van der Waals surface area contributed by atoms with Crippen molar-refractivity contribution < 1.29 is 43.0 Å². The molecule has 0 radical (unpaired) electrons. The number of carbonyl (C=O) groups is 7. The molecule has 1 aliphatic carbocycles. The number of nitrogens with one attached hydrogen (secondary N) is 3. The monoisotopic (exact) mass is 807 g/mol. The zero-order valence-corrected chi connectivity index (χ0v) is 34.9. The van der Waals surface area contributed by atoms with Gasteiger partial charge in [0.2, 0.25) is 29.5 Å². The Morgan fingerprint density at radius 3 is 2.22 bits per heavy atom. The molecule has 2 bridgehead atoms. The van der Waals surface area contributed by atoms with Crippen molar-refractivity contribution >= 4 is 47.0 Å². The van der Waals surface area contributed by atoms with Crippen LogP contribution in [0, 0.1) is 17.8 Å². The topological polar surface area (TPSA) is 187 Å². The predicted molar refractivity (Wildman–Crippen MR) is 215 cm³/mol. The summed E-state index contributed by atoms with van der Waals surface area (Å²) in [4.78, 5) is 97.2. The molecule has 3 fully saturated rings. The standard InChI is InChI=1S/C42H61N7O9/c1-8-25(2)38(47(5)37(54)23-44-42(56)39-28-13-16-30(20-28)46(39)4)32(57-6)21-36(53)48-19-9-10-31(48)40(58-7)26(3)41(55)43-22-33(50)45-29-14-11-27(12-15-29)24-49-34(51)17-18-35(49)52/h11-12,14-15,17-18,25-26,28,30-32,38-40H,8-10,13,16,19-24H2,1-7H3,(H,43,55)(H,44,56)(H,45,50). The van der Waals surface area contributed by atoms with E-state index < -0.39 is 42.0 Å². The highest BCUT2D eigenvalue weighted by molar-refractivity contribution is 6.12. The summed E-state index contributed by atoms with van der Waals surface area (Å²) in [6.07, 6.45) is 6.40. The van der Waals surface area contributed by atoms with Gasteiger partial charge >= 0.3 is 0 Å². The number of rotatable bonds is 19. The van der Waals surface area contributed by atoms with Crippen LogP contribution in [0.25, 0.3) is 0 Å². The Morgan fingerprint density at radius 1 is 0.931 bits per heavy atom. The Labute approximate surface area is 341 Å². The van der Waals surface area contributed by atoms with Crippen molar-refractivity contribution in [1.82, 2.24) is 30.2 Å². The number of anilines is 1. The molecule has 16 heteroatoms. The van der Waals surface area contributed by atoms with Gasteiger partial charge in [0.05, 0.1) is 62.3 Å². The van der Waals surface area contributed by atoms with Gasteiger partial charge in [0.15, 0.2) is 0 Å². The van der Waals surface area contributed by atoms with Gasteiger partial charge in [-0.1, -0.05) is 39.3 Å². The number of benzene rings is 1. The van der Waals surface area contributed by atoms with Crippen molar-refractivity contribution in [3.05, 3.63) is 42.0 Å². The van der Waals surface area contributed by atoms with Gasteiger partial charge in [-0.25, -0.2) is 0 Å². The predicted octanol–water partition coefficient (Wildman–Crippen LogP) is 1.69. The third kappa shape index (κ3) is 10.1. The molecule has 5 rings (SSSR count). The van der Waals surface area contributed by atoms with Crippen molar-refractivity contribution in [3.63, 3.8) is 0 Å². The Bertz CT molecular complexity index is 1700. The van der Waals surface area contributed by atoms with Gasteiger partial charge < -0.3 is 35.2 Å². The first-order chi connectivity index (χ1) is 27.7. The first-order valence-corrected chi connectivity index (χ1v) is 20.5. The van der Waals surface area contributed by atoms with Crippen LogP contribution in [-0.2, 0) is 49.6 Å². The molecule has 0 spiro atoms. The smallest absolute Gasteiger partial charge is 0.253 e. The van der Waals surface area contributed by atoms with Gasteiger partial charge in [0.25, 0.3) is 11.8 Å². The van der Waals surface area contributed by atoms with E-state index in [1.807, 2.05) is 20.9 Å². The minimum Gasteiger partial charge on any atom is -0.379 e. The second-order valence-corrected chi connectivity index (χ2v) is 16.3. The number of hydrogen-bond acceptors (Lipinski definition) is 10. The third-order valence-corrected chi connectivity index (χ3v) is 12.8. The minimum absolute atomic E-state index is 0.00575. The van der Waals surface area contributed by atoms with Crippen molar-refractivity contribution in [2.75, 3.05) is 53.3 Å². The summed E-state index contributed by atoms with van der Waals surface area (Å²) in [5.41, 5.74) is 1.19. The third-order valence-electron chi connectivity index (χ3n) is 12.8. The Kier molecular flexibility index (Phi) is 15.2. The van der Waals surface area contributed by atoms with Gasteiger partial charge in [0.1, 0.15) is 0 Å². The molecule has 3 heterocycles. The maximum atomic E-state index is 14.1. The van der Waals surface area contributed by atoms with Crippen LogP contribution in [0.5, 0.6) is 0 Å². The van der Waals surface area contributed by atoms with E-state index in [-0.39, 0.29) is 67.6 Å². The first-order valence-electron chi connectivity index (χ1n) is 20.5. The van der Waals surface area contributed by atoms with Crippen LogP contribution >= 0.6 is 0 Å². The van der Waals surface area contributed by atoms with Crippen LogP contribution in [0.15, 0.2) is 36.4 Å². The second kappa shape index (κ2) is 19.9. The number of likely N-dealkylation sites (N-methyl/N-ethyl adjacent to an activating group) is 2. The normalized spacial score (nSPS) is 24.1. The lowest BCUT2D eigenvalue weighted by atomic mass is 9.90. The summed E-state index contributed by atoms with van der Waals surface area (Å²) in [5, 5.41) is 8.30. The Hall–Kier alpha value is -4.67. The van der Waals surface area contributed by atoms with E-state index in [0.717, 1.165) is 37.0 Å². The van der Waals surface area contributed by atoms with Crippen LogP contribution in [0.3, 0.4) is 0 Å². The number of imide groups is 1. The molecule has 0 aromatic heterocycles. The molecule has 58 heavy (non-hydrogen) atoms. The number of ether oxygens (including phenoxy) is 2. The van der Waals surface area contributed by atoms with E-state index in [2.05, 4.69) is 20.9 Å². The molecule has 9 unspecified atom stereocenters. The summed E-state index contributed by atoms with van der Waals surface area (Å²) in [5.74, 6) is -2.57. The number of piperidine rings is 1. The number of carbonyl (C=O) groups excluding carboxylic acids is 7. The summed E-state index contributed by atoms with van der Waals surface area (Å²) in [6.45, 7) is 5.90. The van der Waals surface area contributed by atoms with Gasteiger partial charge in [0, 0.05) is 51.7 Å². The Balaban J connectivity index is 1.13. The molecule has 3 N–H and O–H groups in total. The molecule has 16 nitrogen and oxygen atoms in total. The zero-order chi connectivity index (χ0) is 42.3. The highest BCUT2D eigenvalue weighted by atomic mass is 16.5. The molecular weight excluding hydrogens is 747 g/mol. The summed E-state index contributed by atoms with van der Waals surface area (Å²) < 4.78 is 11.8. The van der Waals surface area contributed by atoms with Gasteiger partial charge in [-0.15, -0.1) is 0 Å². The number of amides is 7. The number of fused-ring (bicyclic) bond motifs is 2. The molecule has 7 amide bonds. The highest BCUT2D eigenvalue weighted by Gasteiger charge is 2.47. The average molecular weight is 808 g/mol. The maximum absolute atomic E-state index is 14.1. The summed E-state index contributed by atoms with van der Waals surface area (Å²) in [6, 6.07) is 6.07. The SMILES string of the molecule is CCC(C)C(C(CC(=O)N1CCCC1C(OC)C(C)C(=O)NCC(=O)Nc1ccc(CN2C(=O)C=CC2=O)cc1)OC)N(C)C(=O)CNC(=O)C1C2CCC(C2)N1C. The number of nitrogens with zero attached hydrogens (tertiary/aromatic N) is 4. The molecule has 1 aromatic carbocycles. The maximum Gasteiger partial charge on any atom is 0.253 e. The number of methoxy groups -OCH3 is 2. The molecule has 9 atom stereocenters. The molecule has 318 valence electrons. The van der Waals surface area contributed by atoms with E-state index in [4.69, 9.17) is 9.47 Å². The quantitative estimate of drug-likeness (QED) is 0.174. The molecule has 3 aliphatic heterocycles. The van der Waals surface area contributed by atoms with Crippen molar-refractivity contribution in [1.29, 1.82) is 0 Å². The van der Waals surface area contributed by atoms with Gasteiger partial charge in [-0.3, -0.25) is 43.4 Å². The number of hydrogen-bond donors (Lipinski definition) is 3. The summed E-state index contributed by atoms with van der Waals surface area (Å²) >= 11 is 0.